The zero-order valence-corrected chi connectivity index (χ0v) is 16.0. The van der Waals surface area contributed by atoms with Crippen LogP contribution < -0.4 is 0 Å². The molecule has 1 atom stereocenters. The predicted octanol–water partition coefficient (Wildman–Crippen LogP) is 0.340. The molecule has 1 amide bonds. The lowest BCUT2D eigenvalue weighted by Crippen LogP contribution is -2.48. The summed E-state index contributed by atoms with van der Waals surface area (Å²) in [5, 5.41) is 11.9. The number of nitrogens with zero attached hydrogens (tertiary/aromatic N) is 6. The van der Waals surface area contributed by atoms with E-state index in [1.807, 2.05) is 4.90 Å². The third kappa shape index (κ3) is 4.39. The number of piperidine rings is 1. The van der Waals surface area contributed by atoms with Crippen molar-refractivity contribution in [2.75, 3.05) is 46.5 Å². The number of carbonyl (C=O) groups excluding carboxylic acids is 1. The van der Waals surface area contributed by atoms with E-state index in [-0.39, 0.29) is 17.9 Å². The average Bonchev–Trinajstić information content (AvgIpc) is 3.14. The molecule has 0 aromatic carbocycles. The zero-order valence-electron chi connectivity index (χ0n) is 16.0. The first-order valence-electron chi connectivity index (χ1n) is 9.49. The summed E-state index contributed by atoms with van der Waals surface area (Å²) in [6.45, 7) is 9.18. The maximum absolute atomic E-state index is 13.0. The van der Waals surface area contributed by atoms with Crippen LogP contribution >= 0.6 is 0 Å². The molecule has 3 rings (SSSR count). The van der Waals surface area contributed by atoms with E-state index >= 15 is 0 Å². The monoisotopic (exact) mass is 366 g/mol. The Morgan fingerprint density at radius 1 is 1.31 bits per heavy atom. The fraction of sp³-hybridized carbons (Fsp3) is 0.882. The van der Waals surface area contributed by atoms with Crippen LogP contribution in [-0.2, 0) is 20.8 Å². The molecule has 9 nitrogen and oxygen atoms in total. The summed E-state index contributed by atoms with van der Waals surface area (Å²) in [4.78, 5) is 17.3. The van der Waals surface area contributed by atoms with E-state index in [1.54, 1.807) is 11.8 Å². The van der Waals surface area contributed by atoms with Crippen LogP contribution in [0.5, 0.6) is 0 Å². The van der Waals surface area contributed by atoms with E-state index in [1.165, 1.54) is 0 Å². The van der Waals surface area contributed by atoms with Crippen LogP contribution in [0.3, 0.4) is 0 Å². The van der Waals surface area contributed by atoms with Gasteiger partial charge in [-0.2, -0.15) is 0 Å². The van der Waals surface area contributed by atoms with E-state index < -0.39 is 0 Å². The van der Waals surface area contributed by atoms with Gasteiger partial charge in [0.25, 0.3) is 0 Å². The lowest BCUT2D eigenvalue weighted by Gasteiger charge is -2.38. The largest absolute Gasteiger partial charge is 0.383 e. The van der Waals surface area contributed by atoms with E-state index in [2.05, 4.69) is 34.3 Å². The summed E-state index contributed by atoms with van der Waals surface area (Å²) in [5.74, 6) is 1.03. The lowest BCUT2D eigenvalue weighted by molar-refractivity contribution is -0.145. The highest BCUT2D eigenvalue weighted by Crippen LogP contribution is 2.25. The van der Waals surface area contributed by atoms with Crippen molar-refractivity contribution >= 4 is 5.91 Å². The molecule has 0 unspecified atom stereocenters. The van der Waals surface area contributed by atoms with Crippen LogP contribution in [0.2, 0.25) is 0 Å². The second-order valence-corrected chi connectivity index (χ2v) is 7.30. The Kier molecular flexibility index (Phi) is 6.55. The molecule has 3 heterocycles. The van der Waals surface area contributed by atoms with Crippen LogP contribution in [0, 0.1) is 5.92 Å². The van der Waals surface area contributed by atoms with E-state index in [0.717, 1.165) is 25.9 Å². The minimum absolute atomic E-state index is 0.119. The Balaban J connectivity index is 1.58. The number of rotatable bonds is 6. The molecule has 9 heteroatoms. The highest BCUT2D eigenvalue weighted by molar-refractivity contribution is 5.79. The van der Waals surface area contributed by atoms with Crippen molar-refractivity contribution in [2.24, 2.45) is 5.92 Å². The molecule has 146 valence electrons. The first-order valence-corrected chi connectivity index (χ1v) is 9.49. The molecule has 0 saturated carbocycles. The van der Waals surface area contributed by atoms with Gasteiger partial charge < -0.3 is 19.3 Å². The first-order chi connectivity index (χ1) is 12.6. The molecule has 0 spiro atoms. The van der Waals surface area contributed by atoms with Crippen molar-refractivity contribution < 1.29 is 14.3 Å². The molecule has 2 fully saturated rings. The van der Waals surface area contributed by atoms with Gasteiger partial charge in [-0.25, -0.2) is 4.68 Å². The molecular weight excluding hydrogens is 336 g/mol. The third-order valence-electron chi connectivity index (χ3n) is 5.34. The molecule has 2 saturated heterocycles. The van der Waals surface area contributed by atoms with Crippen molar-refractivity contribution in [1.29, 1.82) is 0 Å². The van der Waals surface area contributed by atoms with Crippen molar-refractivity contribution in [1.82, 2.24) is 30.0 Å². The van der Waals surface area contributed by atoms with Crippen LogP contribution in [0.1, 0.15) is 38.6 Å². The average molecular weight is 366 g/mol. The van der Waals surface area contributed by atoms with E-state index in [4.69, 9.17) is 9.47 Å². The second kappa shape index (κ2) is 8.88. The van der Waals surface area contributed by atoms with Crippen molar-refractivity contribution in [2.45, 2.75) is 45.4 Å². The predicted molar refractivity (Wildman–Crippen MR) is 94.4 cm³/mol. The summed E-state index contributed by atoms with van der Waals surface area (Å²) in [6, 6.07) is 0.546. The van der Waals surface area contributed by atoms with Crippen LogP contribution in [0.4, 0.5) is 0 Å². The Morgan fingerprint density at radius 2 is 2.08 bits per heavy atom. The highest BCUT2D eigenvalue weighted by atomic mass is 16.5. The van der Waals surface area contributed by atoms with Crippen molar-refractivity contribution in [3.8, 4) is 0 Å². The number of morpholine rings is 1. The number of hydrogen-bond acceptors (Lipinski definition) is 7. The standard InChI is InChI=1S/C17H30N6O3/c1-13(2)21-6-4-14(5-7-21)17(24)22-8-11-26-15(12-22)16-18-19-20-23(16)9-10-25-3/h13-15H,4-12H2,1-3H3/t15-/m0/s1. The third-order valence-corrected chi connectivity index (χ3v) is 5.34. The smallest absolute Gasteiger partial charge is 0.225 e. The molecule has 2 aliphatic heterocycles. The molecule has 0 aliphatic carbocycles. The summed E-state index contributed by atoms with van der Waals surface area (Å²) in [7, 11) is 1.64. The first kappa shape index (κ1) is 19.2. The minimum atomic E-state index is -0.282. The van der Waals surface area contributed by atoms with Gasteiger partial charge in [-0.15, -0.1) is 5.10 Å². The number of aromatic nitrogens is 4. The number of amides is 1. The van der Waals surface area contributed by atoms with E-state index in [0.29, 0.717) is 44.7 Å². The Labute approximate surface area is 154 Å². The Morgan fingerprint density at radius 3 is 2.77 bits per heavy atom. The highest BCUT2D eigenvalue weighted by Gasteiger charge is 2.34. The quantitative estimate of drug-likeness (QED) is 0.718. The van der Waals surface area contributed by atoms with Gasteiger partial charge in [-0.05, 0) is 50.2 Å². The molecule has 0 radical (unpaired) electrons. The maximum atomic E-state index is 13.0. The SMILES string of the molecule is COCCn1nnnc1[C@@H]1CN(C(=O)C2CCN(C(C)C)CC2)CCO1. The van der Waals surface area contributed by atoms with Gasteiger partial charge in [0.15, 0.2) is 5.82 Å². The van der Waals surface area contributed by atoms with E-state index in [9.17, 15) is 4.79 Å². The number of tetrazole rings is 1. The normalized spacial score (nSPS) is 22.9. The molecule has 26 heavy (non-hydrogen) atoms. The van der Waals surface area contributed by atoms with Gasteiger partial charge in [0, 0.05) is 25.6 Å². The topological polar surface area (TPSA) is 85.6 Å². The number of hydrogen-bond donors (Lipinski definition) is 0. The van der Waals surface area contributed by atoms with Gasteiger partial charge >= 0.3 is 0 Å². The summed E-state index contributed by atoms with van der Waals surface area (Å²) in [5.41, 5.74) is 0. The maximum Gasteiger partial charge on any atom is 0.225 e. The van der Waals surface area contributed by atoms with Gasteiger partial charge in [0.2, 0.25) is 5.91 Å². The molecule has 0 N–H and O–H groups in total. The van der Waals surface area contributed by atoms with Gasteiger partial charge in [0.05, 0.1) is 26.3 Å². The number of likely N-dealkylation sites (tertiary alicyclic amines) is 1. The summed E-state index contributed by atoms with van der Waals surface area (Å²) >= 11 is 0. The van der Waals surface area contributed by atoms with Crippen LogP contribution in [-0.4, -0.2) is 88.5 Å². The second-order valence-electron chi connectivity index (χ2n) is 7.30. The van der Waals surface area contributed by atoms with Crippen LogP contribution in [0.25, 0.3) is 0 Å². The van der Waals surface area contributed by atoms with Crippen molar-refractivity contribution in [3.05, 3.63) is 5.82 Å². The van der Waals surface area contributed by atoms with Gasteiger partial charge in [-0.3, -0.25) is 4.79 Å². The zero-order chi connectivity index (χ0) is 18.5. The molecule has 1 aromatic heterocycles. The summed E-state index contributed by atoms with van der Waals surface area (Å²) < 4.78 is 12.6. The Hall–Kier alpha value is -1.58. The molecule has 1 aromatic rings. The molecule has 0 bridgehead atoms. The number of carbonyl (C=O) groups is 1. The fourth-order valence-electron chi connectivity index (χ4n) is 3.71. The van der Waals surface area contributed by atoms with Gasteiger partial charge in [-0.1, -0.05) is 0 Å². The lowest BCUT2D eigenvalue weighted by atomic mass is 9.94. The fourth-order valence-corrected chi connectivity index (χ4v) is 3.71. The number of ether oxygens (including phenoxy) is 2. The molecular formula is C17H30N6O3. The molecule has 2 aliphatic rings. The minimum Gasteiger partial charge on any atom is -0.383 e. The van der Waals surface area contributed by atoms with Crippen LogP contribution in [0.15, 0.2) is 0 Å². The van der Waals surface area contributed by atoms with Crippen molar-refractivity contribution in [3.63, 3.8) is 0 Å². The summed E-state index contributed by atoms with van der Waals surface area (Å²) in [6.07, 6.45) is 1.59. The number of methoxy groups -OCH3 is 1. The van der Waals surface area contributed by atoms with Gasteiger partial charge in [0.1, 0.15) is 6.10 Å². The Bertz CT molecular complexity index is 585.